The van der Waals surface area contributed by atoms with Crippen molar-refractivity contribution in [3.8, 4) is 0 Å². The quantitative estimate of drug-likeness (QED) is 0.754. The van der Waals surface area contributed by atoms with E-state index in [4.69, 9.17) is 0 Å². The van der Waals surface area contributed by atoms with E-state index in [9.17, 15) is 9.59 Å². The number of pyridine rings is 1. The molecule has 2 aromatic rings. The van der Waals surface area contributed by atoms with Crippen LogP contribution in [0.1, 0.15) is 43.1 Å². The van der Waals surface area contributed by atoms with Crippen molar-refractivity contribution in [1.82, 2.24) is 15.6 Å². The molecule has 25 heavy (non-hydrogen) atoms. The van der Waals surface area contributed by atoms with Crippen molar-refractivity contribution in [3.63, 3.8) is 0 Å². The summed E-state index contributed by atoms with van der Waals surface area (Å²) in [7, 11) is 0. The molecule has 0 fully saturated rings. The minimum Gasteiger partial charge on any atom is -0.347 e. The summed E-state index contributed by atoms with van der Waals surface area (Å²) in [5.74, 6) is -0.126. The summed E-state index contributed by atoms with van der Waals surface area (Å²) in [6.45, 7) is 6.38. The van der Waals surface area contributed by atoms with Gasteiger partial charge in [0.15, 0.2) is 0 Å². The van der Waals surface area contributed by atoms with Crippen LogP contribution in [0.5, 0.6) is 0 Å². The van der Waals surface area contributed by atoms with Crippen molar-refractivity contribution < 1.29 is 9.59 Å². The molecule has 0 radical (unpaired) electrons. The molecule has 0 spiro atoms. The lowest BCUT2D eigenvalue weighted by Gasteiger charge is -2.24. The molecule has 3 N–H and O–H groups in total. The number of hydrogen-bond acceptors (Lipinski definition) is 3. The maximum absolute atomic E-state index is 12.2. The van der Waals surface area contributed by atoms with Crippen LogP contribution in [-0.4, -0.2) is 22.5 Å². The Morgan fingerprint density at radius 3 is 2.44 bits per heavy atom. The molecule has 0 aliphatic rings. The highest BCUT2D eigenvalue weighted by Gasteiger charge is 2.18. The van der Waals surface area contributed by atoms with Crippen LogP contribution in [0.3, 0.4) is 0 Å². The smallest absolute Gasteiger partial charge is 0.319 e. The lowest BCUT2D eigenvalue weighted by molar-refractivity contribution is 0.0911. The Kier molecular flexibility index (Phi) is 6.11. The van der Waals surface area contributed by atoms with Crippen LogP contribution in [0.25, 0.3) is 0 Å². The fraction of sp³-hybridized carbons (Fsp3) is 0.316. The molecule has 0 saturated heterocycles. The predicted molar refractivity (Wildman–Crippen MR) is 98.4 cm³/mol. The summed E-state index contributed by atoms with van der Waals surface area (Å²) in [4.78, 5) is 28.1. The SMILES string of the molecule is CCC(C)(C)NC(=O)c1ccc(NC(=O)NCc2cccnc2)cc1. The zero-order chi connectivity index (χ0) is 18.3. The van der Waals surface area contributed by atoms with E-state index in [-0.39, 0.29) is 17.5 Å². The number of anilines is 1. The van der Waals surface area contributed by atoms with E-state index in [1.165, 1.54) is 0 Å². The zero-order valence-corrected chi connectivity index (χ0v) is 14.8. The molecule has 1 aromatic heterocycles. The first kappa shape index (κ1) is 18.4. The first-order chi connectivity index (χ1) is 11.9. The number of urea groups is 1. The number of carbonyl (C=O) groups excluding carboxylic acids is 2. The Morgan fingerprint density at radius 1 is 1.12 bits per heavy atom. The Bertz CT molecular complexity index is 712. The Labute approximate surface area is 148 Å². The largest absolute Gasteiger partial charge is 0.347 e. The number of carbonyl (C=O) groups is 2. The van der Waals surface area contributed by atoms with Crippen LogP contribution in [0.4, 0.5) is 10.5 Å². The fourth-order valence-electron chi connectivity index (χ4n) is 2.03. The van der Waals surface area contributed by atoms with Crippen LogP contribution >= 0.6 is 0 Å². The van der Waals surface area contributed by atoms with E-state index in [0.717, 1.165) is 12.0 Å². The summed E-state index contributed by atoms with van der Waals surface area (Å²) < 4.78 is 0. The fourth-order valence-corrected chi connectivity index (χ4v) is 2.03. The number of aromatic nitrogens is 1. The molecule has 0 unspecified atom stereocenters. The van der Waals surface area contributed by atoms with Crippen LogP contribution in [0.15, 0.2) is 48.8 Å². The summed E-state index contributed by atoms with van der Waals surface area (Å²) in [6, 6.07) is 10.2. The number of nitrogens with zero attached hydrogens (tertiary/aromatic N) is 1. The van der Waals surface area contributed by atoms with Gasteiger partial charge in [-0.05, 0) is 56.2 Å². The van der Waals surface area contributed by atoms with E-state index >= 15 is 0 Å². The van der Waals surface area contributed by atoms with Crippen LogP contribution < -0.4 is 16.0 Å². The van der Waals surface area contributed by atoms with Gasteiger partial charge in [0.2, 0.25) is 0 Å². The highest BCUT2D eigenvalue weighted by molar-refractivity contribution is 5.95. The van der Waals surface area contributed by atoms with E-state index in [1.807, 2.05) is 32.9 Å². The number of nitrogens with one attached hydrogen (secondary N) is 3. The third-order valence-electron chi connectivity index (χ3n) is 3.92. The monoisotopic (exact) mass is 340 g/mol. The lowest BCUT2D eigenvalue weighted by Crippen LogP contribution is -2.42. The highest BCUT2D eigenvalue weighted by atomic mass is 16.2. The van der Waals surface area contributed by atoms with Gasteiger partial charge in [-0.3, -0.25) is 9.78 Å². The van der Waals surface area contributed by atoms with Gasteiger partial charge in [0.1, 0.15) is 0 Å². The van der Waals surface area contributed by atoms with Crippen molar-refractivity contribution in [3.05, 3.63) is 59.9 Å². The molecule has 132 valence electrons. The standard InChI is InChI=1S/C19H24N4O2/c1-4-19(2,3)23-17(24)15-7-9-16(10-8-15)22-18(25)21-13-14-6-5-11-20-12-14/h5-12H,4,13H2,1-3H3,(H,23,24)(H2,21,22,25). The highest BCUT2D eigenvalue weighted by Crippen LogP contribution is 2.12. The molecule has 0 aliphatic carbocycles. The number of rotatable bonds is 6. The third kappa shape index (κ3) is 5.91. The first-order valence-electron chi connectivity index (χ1n) is 8.26. The molecule has 2 rings (SSSR count). The van der Waals surface area contributed by atoms with Crippen molar-refractivity contribution in [2.75, 3.05) is 5.32 Å². The lowest BCUT2D eigenvalue weighted by atomic mass is 10.0. The second-order valence-electron chi connectivity index (χ2n) is 6.44. The summed E-state index contributed by atoms with van der Waals surface area (Å²) in [5.41, 5.74) is 1.85. The molecule has 0 bridgehead atoms. The topological polar surface area (TPSA) is 83.1 Å². The van der Waals surface area contributed by atoms with Gasteiger partial charge in [-0.15, -0.1) is 0 Å². The Morgan fingerprint density at radius 2 is 1.84 bits per heavy atom. The van der Waals surface area contributed by atoms with E-state index in [0.29, 0.717) is 17.8 Å². The minimum absolute atomic E-state index is 0.126. The number of benzene rings is 1. The molecule has 0 aliphatic heterocycles. The average molecular weight is 340 g/mol. The van der Waals surface area contributed by atoms with Gasteiger partial charge in [-0.1, -0.05) is 13.0 Å². The summed E-state index contributed by atoms with van der Waals surface area (Å²) in [6.07, 6.45) is 4.23. The van der Waals surface area contributed by atoms with Gasteiger partial charge in [0, 0.05) is 35.7 Å². The molecule has 6 nitrogen and oxygen atoms in total. The molecule has 1 heterocycles. The van der Waals surface area contributed by atoms with E-state index in [1.54, 1.807) is 36.7 Å². The van der Waals surface area contributed by atoms with Gasteiger partial charge in [0.25, 0.3) is 5.91 Å². The molecular weight excluding hydrogens is 316 g/mol. The van der Waals surface area contributed by atoms with Gasteiger partial charge in [0.05, 0.1) is 0 Å². The van der Waals surface area contributed by atoms with Crippen LogP contribution in [-0.2, 0) is 6.54 Å². The molecular formula is C19H24N4O2. The maximum atomic E-state index is 12.2. The molecule has 6 heteroatoms. The van der Waals surface area contributed by atoms with Crippen molar-refractivity contribution in [1.29, 1.82) is 0 Å². The second-order valence-corrected chi connectivity index (χ2v) is 6.44. The van der Waals surface area contributed by atoms with Crippen molar-refractivity contribution in [2.24, 2.45) is 0 Å². The predicted octanol–water partition coefficient (Wildman–Crippen LogP) is 3.32. The Balaban J connectivity index is 1.87. The number of hydrogen-bond donors (Lipinski definition) is 3. The minimum atomic E-state index is -0.312. The zero-order valence-electron chi connectivity index (χ0n) is 14.8. The average Bonchev–Trinajstić information content (AvgIpc) is 2.61. The van der Waals surface area contributed by atoms with E-state index < -0.39 is 0 Å². The van der Waals surface area contributed by atoms with Gasteiger partial charge in [-0.2, -0.15) is 0 Å². The second kappa shape index (κ2) is 8.28. The summed E-state index contributed by atoms with van der Waals surface area (Å²) >= 11 is 0. The van der Waals surface area contributed by atoms with Crippen molar-refractivity contribution in [2.45, 2.75) is 39.3 Å². The molecule has 0 atom stereocenters. The molecule has 1 aromatic carbocycles. The molecule has 0 saturated carbocycles. The van der Waals surface area contributed by atoms with E-state index in [2.05, 4.69) is 20.9 Å². The number of amides is 3. The summed E-state index contributed by atoms with van der Waals surface area (Å²) in [5, 5.41) is 8.47. The first-order valence-corrected chi connectivity index (χ1v) is 8.26. The van der Waals surface area contributed by atoms with Crippen molar-refractivity contribution >= 4 is 17.6 Å². The third-order valence-corrected chi connectivity index (χ3v) is 3.92. The maximum Gasteiger partial charge on any atom is 0.319 e. The van der Waals surface area contributed by atoms with Gasteiger partial charge < -0.3 is 16.0 Å². The van der Waals surface area contributed by atoms with Crippen LogP contribution in [0, 0.1) is 0 Å². The Hall–Kier alpha value is -2.89. The normalized spacial score (nSPS) is 10.8. The molecule has 3 amide bonds. The van der Waals surface area contributed by atoms with Gasteiger partial charge in [-0.25, -0.2) is 4.79 Å². The van der Waals surface area contributed by atoms with Crippen LogP contribution in [0.2, 0.25) is 0 Å². The van der Waals surface area contributed by atoms with Gasteiger partial charge >= 0.3 is 6.03 Å².